The van der Waals surface area contributed by atoms with Crippen LogP contribution in [0.5, 0.6) is 0 Å². The molecule has 0 aromatic rings. The molecule has 1 saturated heterocycles. The molecule has 0 bridgehead atoms. The van der Waals surface area contributed by atoms with Crippen molar-refractivity contribution in [1.29, 1.82) is 0 Å². The van der Waals surface area contributed by atoms with Gasteiger partial charge in [0.05, 0.1) is 0 Å². The lowest BCUT2D eigenvalue weighted by molar-refractivity contribution is 0.122. The van der Waals surface area contributed by atoms with Gasteiger partial charge in [-0.25, -0.2) is 0 Å². The average molecular weight is 157 g/mol. The summed E-state index contributed by atoms with van der Waals surface area (Å²) in [6, 6.07) is 0. The van der Waals surface area contributed by atoms with Gasteiger partial charge < -0.3 is 5.32 Å². The van der Waals surface area contributed by atoms with E-state index in [1.54, 1.807) is 0 Å². The highest BCUT2D eigenvalue weighted by molar-refractivity contribution is 4.85. The Morgan fingerprint density at radius 2 is 1.91 bits per heavy atom. The van der Waals surface area contributed by atoms with Crippen molar-refractivity contribution in [1.82, 2.24) is 5.32 Å². The van der Waals surface area contributed by atoms with Crippen LogP contribution < -0.4 is 5.32 Å². The molecule has 1 heteroatoms. The summed E-state index contributed by atoms with van der Waals surface area (Å²) in [5.74, 6) is 0.856. The third-order valence-corrected chi connectivity index (χ3v) is 3.53. The Kier molecular flexibility index (Phi) is 2.94. The largest absolute Gasteiger partial charge is 0.317 e. The second-order valence-electron chi connectivity index (χ2n) is 4.12. The molecule has 0 saturated carbocycles. The second-order valence-corrected chi connectivity index (χ2v) is 4.12. The van der Waals surface area contributed by atoms with Crippen molar-refractivity contribution in [2.45, 2.75) is 40.0 Å². The van der Waals surface area contributed by atoms with Gasteiger partial charge in [-0.1, -0.05) is 27.2 Å². The maximum atomic E-state index is 3.43. The molecule has 1 nitrogen and oxygen atoms in total. The molecular formula is C10H23N. The lowest BCUT2D eigenvalue weighted by Gasteiger charge is -2.40. The van der Waals surface area contributed by atoms with E-state index >= 15 is 0 Å². The predicted octanol–water partition coefficient (Wildman–Crippen LogP) is 2.67. The first-order chi connectivity index (χ1) is 5.21. The van der Waals surface area contributed by atoms with Crippen molar-refractivity contribution >= 4 is 0 Å². The van der Waals surface area contributed by atoms with Crippen molar-refractivity contribution in [3.63, 3.8) is 0 Å². The number of rotatable bonds is 2. The molecule has 0 unspecified atom stereocenters. The molecule has 1 rings (SSSR count). The van der Waals surface area contributed by atoms with E-state index in [0.717, 1.165) is 5.92 Å². The highest BCUT2D eigenvalue weighted by Gasteiger charge is 2.32. The van der Waals surface area contributed by atoms with Crippen LogP contribution in [0.3, 0.4) is 0 Å². The van der Waals surface area contributed by atoms with Gasteiger partial charge in [-0.15, -0.1) is 0 Å². The van der Waals surface area contributed by atoms with Gasteiger partial charge in [0, 0.05) is 1.43 Å². The minimum absolute atomic E-state index is 0. The van der Waals surface area contributed by atoms with Crippen LogP contribution in [-0.4, -0.2) is 13.1 Å². The van der Waals surface area contributed by atoms with E-state index in [1.807, 2.05) is 0 Å². The maximum absolute atomic E-state index is 3.43. The standard InChI is InChI=1S/C10H21N.H2/c1-4-10(9(2)3)5-7-11-8-6-10;/h9,11H,4-8H2,1-3H3;1H. The zero-order valence-corrected chi connectivity index (χ0v) is 8.11. The van der Waals surface area contributed by atoms with E-state index in [-0.39, 0.29) is 1.43 Å². The Balaban J connectivity index is 0.00000121. The number of piperidine rings is 1. The van der Waals surface area contributed by atoms with E-state index in [1.165, 1.54) is 32.4 Å². The van der Waals surface area contributed by atoms with Crippen LogP contribution in [-0.2, 0) is 0 Å². The lowest BCUT2D eigenvalue weighted by Crippen LogP contribution is -2.39. The maximum Gasteiger partial charge on any atom is 0 e. The van der Waals surface area contributed by atoms with Gasteiger partial charge in [0.1, 0.15) is 0 Å². The SMILES string of the molecule is CCC1(C(C)C)CCNCC1.[HH]. The fourth-order valence-electron chi connectivity index (χ4n) is 2.26. The first-order valence-electron chi connectivity index (χ1n) is 4.92. The average Bonchev–Trinajstić information content (AvgIpc) is 2.05. The van der Waals surface area contributed by atoms with Crippen LogP contribution in [0, 0.1) is 11.3 Å². The minimum atomic E-state index is 0. The molecule has 0 atom stereocenters. The van der Waals surface area contributed by atoms with Gasteiger partial charge in [-0.2, -0.15) is 0 Å². The van der Waals surface area contributed by atoms with Crippen LogP contribution in [0.2, 0.25) is 0 Å². The van der Waals surface area contributed by atoms with Crippen LogP contribution in [0.4, 0.5) is 0 Å². The molecule has 0 aromatic heterocycles. The zero-order chi connectivity index (χ0) is 8.32. The summed E-state index contributed by atoms with van der Waals surface area (Å²) in [7, 11) is 0. The lowest BCUT2D eigenvalue weighted by atomic mass is 9.69. The molecule has 1 heterocycles. The zero-order valence-electron chi connectivity index (χ0n) is 8.11. The second kappa shape index (κ2) is 3.57. The van der Waals surface area contributed by atoms with Crippen molar-refractivity contribution < 1.29 is 1.43 Å². The fraction of sp³-hybridized carbons (Fsp3) is 1.00. The van der Waals surface area contributed by atoms with Crippen molar-refractivity contribution in [2.24, 2.45) is 11.3 Å². The Hall–Kier alpha value is -0.0400. The third-order valence-electron chi connectivity index (χ3n) is 3.53. The van der Waals surface area contributed by atoms with Crippen LogP contribution in [0.25, 0.3) is 0 Å². The first-order valence-corrected chi connectivity index (χ1v) is 4.92. The molecule has 1 fully saturated rings. The number of hydrogen-bond donors (Lipinski definition) is 1. The smallest absolute Gasteiger partial charge is 0 e. The van der Waals surface area contributed by atoms with Crippen molar-refractivity contribution in [3.8, 4) is 0 Å². The summed E-state index contributed by atoms with van der Waals surface area (Å²) in [6.45, 7) is 9.53. The monoisotopic (exact) mass is 157 g/mol. The quantitative estimate of drug-likeness (QED) is 0.650. The highest BCUT2D eigenvalue weighted by atomic mass is 14.9. The topological polar surface area (TPSA) is 12.0 Å². The Labute approximate surface area is 72.1 Å². The fourth-order valence-corrected chi connectivity index (χ4v) is 2.26. The van der Waals surface area contributed by atoms with Crippen LogP contribution in [0.1, 0.15) is 41.5 Å². The summed E-state index contributed by atoms with van der Waals surface area (Å²) < 4.78 is 0. The Morgan fingerprint density at radius 1 is 1.36 bits per heavy atom. The molecule has 1 aliphatic heterocycles. The van der Waals surface area contributed by atoms with Crippen LogP contribution in [0.15, 0.2) is 0 Å². The van der Waals surface area contributed by atoms with Gasteiger partial charge >= 0.3 is 0 Å². The minimum Gasteiger partial charge on any atom is -0.317 e. The Bertz CT molecular complexity index is 117. The van der Waals surface area contributed by atoms with E-state index in [4.69, 9.17) is 0 Å². The normalized spacial score (nSPS) is 24.0. The van der Waals surface area contributed by atoms with Gasteiger partial charge in [0.15, 0.2) is 0 Å². The predicted molar refractivity (Wildman–Crippen MR) is 51.8 cm³/mol. The number of nitrogens with one attached hydrogen (secondary N) is 1. The third kappa shape index (κ3) is 1.76. The van der Waals surface area contributed by atoms with Gasteiger partial charge in [0.2, 0.25) is 0 Å². The molecule has 0 aromatic carbocycles. The molecule has 1 N–H and O–H groups in total. The van der Waals surface area contributed by atoms with Gasteiger partial charge in [-0.05, 0) is 37.3 Å². The Morgan fingerprint density at radius 3 is 2.18 bits per heavy atom. The van der Waals surface area contributed by atoms with E-state index in [9.17, 15) is 0 Å². The molecule has 0 amide bonds. The highest BCUT2D eigenvalue weighted by Crippen LogP contribution is 2.39. The molecule has 1 aliphatic rings. The molecule has 0 radical (unpaired) electrons. The van der Waals surface area contributed by atoms with E-state index in [0.29, 0.717) is 5.41 Å². The van der Waals surface area contributed by atoms with E-state index in [2.05, 4.69) is 26.1 Å². The molecule has 0 spiro atoms. The van der Waals surface area contributed by atoms with Gasteiger partial charge in [0.25, 0.3) is 0 Å². The summed E-state index contributed by atoms with van der Waals surface area (Å²) in [5, 5.41) is 3.43. The number of hydrogen-bond acceptors (Lipinski definition) is 1. The molecule has 11 heavy (non-hydrogen) atoms. The first kappa shape index (κ1) is 9.05. The van der Waals surface area contributed by atoms with Crippen molar-refractivity contribution in [3.05, 3.63) is 0 Å². The molecular weight excluding hydrogens is 134 g/mol. The van der Waals surface area contributed by atoms with Crippen molar-refractivity contribution in [2.75, 3.05) is 13.1 Å². The van der Waals surface area contributed by atoms with Gasteiger partial charge in [-0.3, -0.25) is 0 Å². The molecule has 68 valence electrons. The summed E-state index contributed by atoms with van der Waals surface area (Å²) in [5.41, 5.74) is 0.658. The summed E-state index contributed by atoms with van der Waals surface area (Å²) in [4.78, 5) is 0. The summed E-state index contributed by atoms with van der Waals surface area (Å²) >= 11 is 0. The van der Waals surface area contributed by atoms with Crippen LogP contribution >= 0.6 is 0 Å². The summed E-state index contributed by atoms with van der Waals surface area (Å²) in [6.07, 6.45) is 4.11. The van der Waals surface area contributed by atoms with E-state index < -0.39 is 0 Å². The molecule has 0 aliphatic carbocycles.